The van der Waals surface area contributed by atoms with Crippen LogP contribution in [0.3, 0.4) is 0 Å². The molecule has 0 N–H and O–H groups in total. The summed E-state index contributed by atoms with van der Waals surface area (Å²) in [6.07, 6.45) is 0. The van der Waals surface area contributed by atoms with Gasteiger partial charge in [0.2, 0.25) is 0 Å². The summed E-state index contributed by atoms with van der Waals surface area (Å²) in [7, 11) is 2.59. The lowest BCUT2D eigenvalue weighted by atomic mass is 10.2. The first-order valence-electron chi connectivity index (χ1n) is 5.01. The lowest BCUT2D eigenvalue weighted by molar-refractivity contribution is 0.0545. The number of fused-ring (bicyclic) bond motifs is 1. The van der Waals surface area contributed by atoms with Crippen LogP contribution in [0.2, 0.25) is 0 Å². The number of alkyl halides is 2. The summed E-state index contributed by atoms with van der Waals surface area (Å²) in [6.45, 7) is -2.85. The molecule has 0 aliphatic rings. The molecule has 0 amide bonds. The van der Waals surface area contributed by atoms with Crippen LogP contribution >= 0.6 is 0 Å². The molecule has 1 heterocycles. The largest absolute Gasteiger partial charge is 0.497 e. The summed E-state index contributed by atoms with van der Waals surface area (Å²) in [5.41, 5.74) is -0.0276. The molecular formula is C11H10F2N2O3. The highest BCUT2D eigenvalue weighted by molar-refractivity contribution is 6.02. The van der Waals surface area contributed by atoms with E-state index in [0.29, 0.717) is 15.8 Å². The van der Waals surface area contributed by atoms with Gasteiger partial charge in [0.1, 0.15) is 5.75 Å². The number of aromatic nitrogens is 2. The molecule has 0 bridgehead atoms. The molecule has 0 spiro atoms. The van der Waals surface area contributed by atoms with Crippen molar-refractivity contribution in [3.63, 3.8) is 0 Å². The number of ether oxygens (including phenoxy) is 2. The monoisotopic (exact) mass is 256 g/mol. The molecule has 0 unspecified atom stereocenters. The van der Waals surface area contributed by atoms with Crippen molar-refractivity contribution in [1.82, 2.24) is 9.78 Å². The van der Waals surface area contributed by atoms with Crippen LogP contribution in [0.15, 0.2) is 18.2 Å². The van der Waals surface area contributed by atoms with Crippen molar-refractivity contribution in [3.05, 3.63) is 23.9 Å². The summed E-state index contributed by atoms with van der Waals surface area (Å²) >= 11 is 0. The number of benzene rings is 1. The molecule has 0 saturated heterocycles. The first kappa shape index (κ1) is 12.3. The smallest absolute Gasteiger partial charge is 0.359 e. The zero-order chi connectivity index (χ0) is 13.3. The molecule has 0 aliphatic heterocycles. The van der Waals surface area contributed by atoms with Gasteiger partial charge in [-0.15, -0.1) is 0 Å². The molecule has 7 heteroatoms. The van der Waals surface area contributed by atoms with Crippen LogP contribution in [0, 0.1) is 0 Å². The summed E-state index contributed by atoms with van der Waals surface area (Å²) in [6, 6.07) is 4.44. The molecule has 18 heavy (non-hydrogen) atoms. The normalized spacial score (nSPS) is 10.9. The van der Waals surface area contributed by atoms with Crippen molar-refractivity contribution in [1.29, 1.82) is 0 Å². The van der Waals surface area contributed by atoms with Gasteiger partial charge in [0.05, 0.1) is 19.7 Å². The first-order chi connectivity index (χ1) is 8.58. The van der Waals surface area contributed by atoms with E-state index in [0.717, 1.165) is 0 Å². The highest BCUT2D eigenvalue weighted by Gasteiger charge is 2.21. The third kappa shape index (κ3) is 1.87. The molecule has 0 aliphatic carbocycles. The molecule has 0 saturated carbocycles. The Morgan fingerprint density at radius 1 is 1.39 bits per heavy atom. The van der Waals surface area contributed by atoms with Crippen LogP contribution in [0.5, 0.6) is 5.75 Å². The van der Waals surface area contributed by atoms with Gasteiger partial charge in [0.25, 0.3) is 0 Å². The van der Waals surface area contributed by atoms with E-state index in [4.69, 9.17) is 4.74 Å². The van der Waals surface area contributed by atoms with Crippen LogP contribution in [0.1, 0.15) is 17.0 Å². The third-order valence-electron chi connectivity index (χ3n) is 2.48. The Balaban J connectivity index is 2.71. The minimum atomic E-state index is -2.85. The van der Waals surface area contributed by atoms with Crippen molar-refractivity contribution in [2.75, 3.05) is 14.2 Å². The highest BCUT2D eigenvalue weighted by Crippen LogP contribution is 2.27. The predicted octanol–water partition coefficient (Wildman–Crippen LogP) is 2.23. The molecule has 0 radical (unpaired) electrons. The molecule has 2 rings (SSSR count). The molecular weight excluding hydrogens is 246 g/mol. The molecule has 0 fully saturated rings. The van der Waals surface area contributed by atoms with Crippen LogP contribution in [0.25, 0.3) is 10.9 Å². The van der Waals surface area contributed by atoms with Crippen LogP contribution in [-0.4, -0.2) is 30.0 Å². The van der Waals surface area contributed by atoms with Crippen molar-refractivity contribution >= 4 is 16.9 Å². The summed E-state index contributed by atoms with van der Waals surface area (Å²) in [4.78, 5) is 11.4. The lowest BCUT2D eigenvalue weighted by Crippen LogP contribution is -2.05. The van der Waals surface area contributed by atoms with E-state index in [2.05, 4.69) is 9.84 Å². The van der Waals surface area contributed by atoms with Gasteiger partial charge in [0, 0.05) is 11.5 Å². The number of nitrogens with zero attached hydrogens (tertiary/aromatic N) is 2. The standard InChI is InChI=1S/C11H10F2N2O3/c1-17-6-3-4-7-8(5-6)15(11(12)13)14-9(7)10(16)18-2/h3-5,11H,1-2H3. The van der Waals surface area contributed by atoms with E-state index in [1.807, 2.05) is 0 Å². The second-order valence-corrected chi connectivity index (χ2v) is 3.45. The number of carbonyl (C=O) groups excluding carboxylic acids is 1. The Morgan fingerprint density at radius 3 is 2.67 bits per heavy atom. The van der Waals surface area contributed by atoms with Gasteiger partial charge in [-0.2, -0.15) is 13.9 Å². The van der Waals surface area contributed by atoms with Crippen LogP contribution in [0.4, 0.5) is 8.78 Å². The first-order valence-corrected chi connectivity index (χ1v) is 5.01. The Bertz CT molecular complexity index is 595. The van der Waals surface area contributed by atoms with Gasteiger partial charge in [-0.3, -0.25) is 0 Å². The summed E-state index contributed by atoms with van der Waals surface area (Å²) < 4.78 is 35.6. The Morgan fingerprint density at radius 2 is 2.11 bits per heavy atom. The molecule has 2 aromatic rings. The quantitative estimate of drug-likeness (QED) is 0.790. The van der Waals surface area contributed by atoms with Gasteiger partial charge in [-0.05, 0) is 12.1 Å². The number of esters is 1. The average Bonchev–Trinajstić information content (AvgIpc) is 2.76. The average molecular weight is 256 g/mol. The zero-order valence-corrected chi connectivity index (χ0v) is 9.68. The maximum absolute atomic E-state index is 12.8. The predicted molar refractivity (Wildman–Crippen MR) is 58.9 cm³/mol. The van der Waals surface area contributed by atoms with Gasteiger partial charge < -0.3 is 9.47 Å². The minimum Gasteiger partial charge on any atom is -0.497 e. The number of halogens is 2. The SMILES string of the molecule is COC(=O)c1nn(C(F)F)c2cc(OC)ccc12. The summed E-state index contributed by atoms with van der Waals surface area (Å²) in [5.74, 6) is -0.356. The second-order valence-electron chi connectivity index (χ2n) is 3.45. The number of methoxy groups -OCH3 is 2. The van der Waals surface area contributed by atoms with E-state index in [1.165, 1.54) is 26.4 Å². The maximum Gasteiger partial charge on any atom is 0.359 e. The zero-order valence-electron chi connectivity index (χ0n) is 9.68. The van der Waals surface area contributed by atoms with E-state index >= 15 is 0 Å². The van der Waals surface area contributed by atoms with Crippen molar-refractivity contribution in [2.45, 2.75) is 6.55 Å². The number of rotatable bonds is 3. The van der Waals surface area contributed by atoms with Crippen molar-refractivity contribution in [2.24, 2.45) is 0 Å². The van der Waals surface area contributed by atoms with E-state index in [1.54, 1.807) is 6.07 Å². The molecule has 1 aromatic heterocycles. The minimum absolute atomic E-state index is 0.116. The Hall–Kier alpha value is -2.18. The van der Waals surface area contributed by atoms with Gasteiger partial charge in [-0.1, -0.05) is 0 Å². The fourth-order valence-corrected chi connectivity index (χ4v) is 1.64. The van der Waals surface area contributed by atoms with E-state index in [9.17, 15) is 13.6 Å². The fourth-order valence-electron chi connectivity index (χ4n) is 1.64. The van der Waals surface area contributed by atoms with Crippen molar-refractivity contribution < 1.29 is 23.0 Å². The van der Waals surface area contributed by atoms with Crippen molar-refractivity contribution in [3.8, 4) is 5.75 Å². The highest BCUT2D eigenvalue weighted by atomic mass is 19.3. The fraction of sp³-hybridized carbons (Fsp3) is 0.273. The number of carbonyl (C=O) groups is 1. The van der Waals surface area contributed by atoms with E-state index < -0.39 is 12.5 Å². The lowest BCUT2D eigenvalue weighted by Gasteiger charge is -2.02. The number of hydrogen-bond acceptors (Lipinski definition) is 4. The molecule has 96 valence electrons. The maximum atomic E-state index is 12.8. The Labute approximate surface area is 101 Å². The van der Waals surface area contributed by atoms with Gasteiger partial charge >= 0.3 is 12.5 Å². The molecule has 5 nitrogen and oxygen atoms in total. The van der Waals surface area contributed by atoms with Gasteiger partial charge in [-0.25, -0.2) is 9.48 Å². The summed E-state index contributed by atoms with van der Waals surface area (Å²) in [5, 5.41) is 3.87. The third-order valence-corrected chi connectivity index (χ3v) is 2.48. The van der Waals surface area contributed by atoms with Crippen LogP contribution < -0.4 is 4.74 Å². The molecule has 1 aromatic carbocycles. The van der Waals surface area contributed by atoms with Gasteiger partial charge in [0.15, 0.2) is 5.69 Å². The molecule has 0 atom stereocenters. The van der Waals surface area contributed by atoms with E-state index in [-0.39, 0.29) is 11.2 Å². The number of hydrogen-bond donors (Lipinski definition) is 0. The second kappa shape index (κ2) is 4.59. The topological polar surface area (TPSA) is 53.3 Å². The van der Waals surface area contributed by atoms with Crippen LogP contribution in [-0.2, 0) is 4.74 Å². The Kier molecular flexibility index (Phi) is 3.14.